The predicted octanol–water partition coefficient (Wildman–Crippen LogP) is 1.99. The van der Waals surface area contributed by atoms with E-state index in [9.17, 15) is 13.2 Å². The number of para-hydroxylation sites is 1. The van der Waals surface area contributed by atoms with Gasteiger partial charge in [-0.3, -0.25) is 4.79 Å². The molecule has 1 fully saturated rings. The molecule has 2 aromatic rings. The lowest BCUT2D eigenvalue weighted by Crippen LogP contribution is -2.41. The van der Waals surface area contributed by atoms with Crippen molar-refractivity contribution in [3.8, 4) is 0 Å². The predicted molar refractivity (Wildman–Crippen MR) is 91.2 cm³/mol. The molecule has 1 aliphatic rings. The molecule has 0 spiro atoms. The Morgan fingerprint density at radius 3 is 2.83 bits per heavy atom. The van der Waals surface area contributed by atoms with Crippen LogP contribution in [0, 0.1) is 0 Å². The fraction of sp³-hybridized carbons (Fsp3) is 0.353. The van der Waals surface area contributed by atoms with E-state index < -0.39 is 9.84 Å². The molecule has 0 N–H and O–H groups in total. The van der Waals surface area contributed by atoms with Gasteiger partial charge in [0.15, 0.2) is 9.84 Å². The van der Waals surface area contributed by atoms with Crippen LogP contribution < -0.4 is 0 Å². The largest absolute Gasteiger partial charge is 0.350 e. The van der Waals surface area contributed by atoms with Crippen molar-refractivity contribution in [2.75, 3.05) is 18.1 Å². The summed E-state index contributed by atoms with van der Waals surface area (Å²) in [6.45, 7) is 4.05. The first kappa shape index (κ1) is 15.8. The molecule has 122 valence electrons. The van der Waals surface area contributed by atoms with Gasteiger partial charge in [-0.1, -0.05) is 24.3 Å². The van der Waals surface area contributed by atoms with Gasteiger partial charge in [0.2, 0.25) is 0 Å². The number of aryl methyl sites for hydroxylation is 1. The Labute approximate surface area is 136 Å². The molecule has 0 bridgehead atoms. The Kier molecular flexibility index (Phi) is 4.02. The normalized spacial score (nSPS) is 19.8. The van der Waals surface area contributed by atoms with Crippen LogP contribution in [0.1, 0.15) is 16.8 Å². The van der Waals surface area contributed by atoms with Crippen LogP contribution in [0.25, 0.3) is 10.9 Å². The van der Waals surface area contributed by atoms with Crippen molar-refractivity contribution < 1.29 is 13.2 Å². The molecule has 5 nitrogen and oxygen atoms in total. The summed E-state index contributed by atoms with van der Waals surface area (Å²) in [5.74, 6) is 0.0506. The first-order valence-electron chi connectivity index (χ1n) is 7.59. The molecule has 1 amide bonds. The number of benzene rings is 1. The van der Waals surface area contributed by atoms with Crippen molar-refractivity contribution in [1.82, 2.24) is 9.47 Å². The maximum Gasteiger partial charge on any atom is 0.256 e. The third-order valence-corrected chi connectivity index (χ3v) is 6.11. The first-order chi connectivity index (χ1) is 10.9. The molecule has 0 aliphatic carbocycles. The van der Waals surface area contributed by atoms with Gasteiger partial charge >= 0.3 is 0 Å². The molecule has 0 saturated carbocycles. The van der Waals surface area contributed by atoms with Gasteiger partial charge in [-0.15, -0.1) is 6.58 Å². The number of nitrogens with zero attached hydrogens (tertiary/aromatic N) is 2. The molecule has 1 aromatic carbocycles. The summed E-state index contributed by atoms with van der Waals surface area (Å²) in [5.41, 5.74) is 1.59. The second-order valence-corrected chi connectivity index (χ2v) is 8.20. The fourth-order valence-electron chi connectivity index (χ4n) is 3.22. The minimum atomic E-state index is -3.05. The van der Waals surface area contributed by atoms with Crippen LogP contribution in [0.15, 0.2) is 43.1 Å². The van der Waals surface area contributed by atoms with E-state index in [2.05, 4.69) is 6.58 Å². The van der Waals surface area contributed by atoms with Gasteiger partial charge in [0.25, 0.3) is 5.91 Å². The average Bonchev–Trinajstić information content (AvgIpc) is 3.05. The van der Waals surface area contributed by atoms with E-state index in [1.54, 1.807) is 11.0 Å². The molecule has 0 unspecified atom stereocenters. The Morgan fingerprint density at radius 1 is 1.43 bits per heavy atom. The number of aromatic nitrogens is 1. The molecule has 1 aliphatic heterocycles. The van der Waals surface area contributed by atoms with Crippen molar-refractivity contribution in [3.05, 3.63) is 48.7 Å². The van der Waals surface area contributed by atoms with Gasteiger partial charge in [-0.25, -0.2) is 8.42 Å². The van der Waals surface area contributed by atoms with Gasteiger partial charge in [0.1, 0.15) is 0 Å². The van der Waals surface area contributed by atoms with E-state index in [1.807, 2.05) is 42.1 Å². The molecule has 23 heavy (non-hydrogen) atoms. The maximum atomic E-state index is 13.0. The number of carbonyl (C=O) groups is 1. The zero-order valence-electron chi connectivity index (χ0n) is 13.1. The number of fused-ring (bicyclic) bond motifs is 1. The standard InChI is InChI=1S/C17H20N2O3S/c1-3-9-19(13-8-10-23(21,22)12-13)17(20)15-11-18(2)16-7-5-4-6-14(15)16/h3-7,11,13H,1,8-10,12H2,2H3/t13-/m0/s1. The van der Waals surface area contributed by atoms with Gasteiger partial charge in [-0.05, 0) is 12.5 Å². The van der Waals surface area contributed by atoms with Crippen molar-refractivity contribution in [3.63, 3.8) is 0 Å². The van der Waals surface area contributed by atoms with Crippen molar-refractivity contribution in [1.29, 1.82) is 0 Å². The van der Waals surface area contributed by atoms with Crippen LogP contribution in [0.5, 0.6) is 0 Å². The summed E-state index contributed by atoms with van der Waals surface area (Å²) in [4.78, 5) is 14.7. The van der Waals surface area contributed by atoms with Gasteiger partial charge in [0.05, 0.1) is 17.1 Å². The van der Waals surface area contributed by atoms with Gasteiger partial charge in [0, 0.05) is 36.7 Å². The maximum absolute atomic E-state index is 13.0. The van der Waals surface area contributed by atoms with E-state index >= 15 is 0 Å². The molecular weight excluding hydrogens is 312 g/mol. The third-order valence-electron chi connectivity index (χ3n) is 4.36. The zero-order valence-corrected chi connectivity index (χ0v) is 13.9. The van der Waals surface area contributed by atoms with E-state index in [0.717, 1.165) is 10.9 Å². The Morgan fingerprint density at radius 2 is 2.17 bits per heavy atom. The highest BCUT2D eigenvalue weighted by Gasteiger charge is 2.35. The van der Waals surface area contributed by atoms with E-state index in [4.69, 9.17) is 0 Å². The molecule has 0 radical (unpaired) electrons. The van der Waals surface area contributed by atoms with E-state index in [0.29, 0.717) is 18.5 Å². The number of hydrogen-bond acceptors (Lipinski definition) is 3. The summed E-state index contributed by atoms with van der Waals surface area (Å²) >= 11 is 0. The summed E-state index contributed by atoms with van der Waals surface area (Å²) in [6, 6.07) is 7.44. The lowest BCUT2D eigenvalue weighted by molar-refractivity contribution is 0.0722. The number of sulfone groups is 1. The monoisotopic (exact) mass is 332 g/mol. The summed E-state index contributed by atoms with van der Waals surface area (Å²) in [5, 5.41) is 0.884. The Balaban J connectivity index is 1.99. The number of carbonyl (C=O) groups excluding carboxylic acids is 1. The number of amides is 1. The smallest absolute Gasteiger partial charge is 0.256 e. The third kappa shape index (κ3) is 2.91. The van der Waals surface area contributed by atoms with Crippen LogP contribution in [-0.4, -0.2) is 47.9 Å². The average molecular weight is 332 g/mol. The van der Waals surface area contributed by atoms with Crippen LogP contribution in [-0.2, 0) is 16.9 Å². The fourth-order valence-corrected chi connectivity index (χ4v) is 4.96. The molecule has 1 saturated heterocycles. The highest BCUT2D eigenvalue weighted by Crippen LogP contribution is 2.25. The van der Waals surface area contributed by atoms with Crippen molar-refractivity contribution in [2.45, 2.75) is 12.5 Å². The lowest BCUT2D eigenvalue weighted by atomic mass is 10.1. The number of hydrogen-bond donors (Lipinski definition) is 0. The summed E-state index contributed by atoms with van der Waals surface area (Å²) < 4.78 is 25.4. The van der Waals surface area contributed by atoms with Crippen LogP contribution in [0.4, 0.5) is 0 Å². The molecular formula is C17H20N2O3S. The highest BCUT2D eigenvalue weighted by atomic mass is 32.2. The minimum absolute atomic E-state index is 0.0390. The SMILES string of the molecule is C=CCN(C(=O)c1cn(C)c2ccccc12)[C@H]1CCS(=O)(=O)C1. The van der Waals surface area contributed by atoms with Crippen LogP contribution in [0.3, 0.4) is 0 Å². The van der Waals surface area contributed by atoms with Crippen molar-refractivity contribution >= 4 is 26.6 Å². The zero-order chi connectivity index (χ0) is 16.6. The Bertz CT molecular complexity index is 867. The molecule has 6 heteroatoms. The van der Waals surface area contributed by atoms with E-state index in [-0.39, 0.29) is 23.5 Å². The number of rotatable bonds is 4. The van der Waals surface area contributed by atoms with Crippen LogP contribution >= 0.6 is 0 Å². The summed E-state index contributed by atoms with van der Waals surface area (Å²) in [7, 11) is -1.15. The Hall–Kier alpha value is -2.08. The minimum Gasteiger partial charge on any atom is -0.350 e. The molecule has 3 rings (SSSR count). The molecule has 1 atom stereocenters. The quantitative estimate of drug-likeness (QED) is 0.805. The molecule has 1 aromatic heterocycles. The second kappa shape index (κ2) is 5.85. The second-order valence-electron chi connectivity index (χ2n) is 5.97. The van der Waals surface area contributed by atoms with Crippen LogP contribution in [0.2, 0.25) is 0 Å². The van der Waals surface area contributed by atoms with Gasteiger partial charge < -0.3 is 9.47 Å². The topological polar surface area (TPSA) is 59.4 Å². The van der Waals surface area contributed by atoms with E-state index in [1.165, 1.54) is 0 Å². The van der Waals surface area contributed by atoms with Crippen molar-refractivity contribution in [2.24, 2.45) is 7.05 Å². The first-order valence-corrected chi connectivity index (χ1v) is 9.41. The van der Waals surface area contributed by atoms with Gasteiger partial charge in [-0.2, -0.15) is 0 Å². The summed E-state index contributed by atoms with van der Waals surface area (Å²) in [6.07, 6.45) is 3.95. The highest BCUT2D eigenvalue weighted by molar-refractivity contribution is 7.91. The lowest BCUT2D eigenvalue weighted by Gasteiger charge is -2.26. The molecule has 2 heterocycles.